The van der Waals surface area contributed by atoms with E-state index in [1.807, 2.05) is 48.5 Å². The fourth-order valence-electron chi connectivity index (χ4n) is 3.24. The molecule has 0 spiro atoms. The normalized spacial score (nSPS) is 11.6. The highest BCUT2D eigenvalue weighted by Gasteiger charge is 2.14. The Morgan fingerprint density at radius 3 is 2.56 bits per heavy atom. The second kappa shape index (κ2) is 11.7. The third-order valence-electron chi connectivity index (χ3n) is 4.98. The standard InChI is InChI=1S/C25H28N2O5/c1-30-25(28)17-19-13-14-21(18-24(19)32-20-9-3-2-4-10-20)31-16-8-6-11-22(26)23-12-5-7-15-27(23)29/h2-5,7,9-10,12-15,18,22H,6,8,11,16-17,26H2,1H3. The molecule has 3 rings (SSSR count). The number of methoxy groups -OCH3 is 1. The van der Waals surface area contributed by atoms with Crippen molar-refractivity contribution in [3.8, 4) is 17.2 Å². The summed E-state index contributed by atoms with van der Waals surface area (Å²) in [7, 11) is 1.36. The van der Waals surface area contributed by atoms with E-state index in [0.29, 0.717) is 41.5 Å². The van der Waals surface area contributed by atoms with Gasteiger partial charge in [-0.2, -0.15) is 4.73 Å². The van der Waals surface area contributed by atoms with Crippen molar-refractivity contribution in [1.82, 2.24) is 0 Å². The van der Waals surface area contributed by atoms with E-state index in [9.17, 15) is 10.0 Å². The lowest BCUT2D eigenvalue weighted by Gasteiger charge is -2.14. The molecule has 1 heterocycles. The Labute approximate surface area is 187 Å². The van der Waals surface area contributed by atoms with Crippen LogP contribution in [0.25, 0.3) is 0 Å². The van der Waals surface area contributed by atoms with Crippen LogP contribution in [0.5, 0.6) is 17.2 Å². The molecule has 0 aliphatic carbocycles. The fourth-order valence-corrected chi connectivity index (χ4v) is 3.24. The lowest BCUT2D eigenvalue weighted by atomic mass is 10.1. The van der Waals surface area contributed by atoms with Crippen LogP contribution in [0.2, 0.25) is 0 Å². The summed E-state index contributed by atoms with van der Waals surface area (Å²) in [6.07, 6.45) is 3.87. The van der Waals surface area contributed by atoms with Crippen LogP contribution >= 0.6 is 0 Å². The van der Waals surface area contributed by atoms with Gasteiger partial charge in [-0.25, -0.2) is 0 Å². The third-order valence-corrected chi connectivity index (χ3v) is 4.98. The quantitative estimate of drug-likeness (QED) is 0.211. The number of carbonyl (C=O) groups excluding carboxylic acids is 1. The first-order valence-electron chi connectivity index (χ1n) is 10.6. The zero-order chi connectivity index (χ0) is 22.8. The first kappa shape index (κ1) is 23.1. The van der Waals surface area contributed by atoms with E-state index in [1.54, 1.807) is 18.2 Å². The van der Waals surface area contributed by atoms with Crippen molar-refractivity contribution in [2.75, 3.05) is 13.7 Å². The SMILES string of the molecule is COC(=O)Cc1ccc(OCCCCC(N)c2cccc[n+]2[O-])cc1Oc1ccccc1. The molecule has 1 aromatic heterocycles. The van der Waals surface area contributed by atoms with Crippen LogP contribution < -0.4 is 19.9 Å². The summed E-state index contributed by atoms with van der Waals surface area (Å²) in [5.74, 6) is 1.52. The first-order valence-corrected chi connectivity index (χ1v) is 10.6. The van der Waals surface area contributed by atoms with Crippen LogP contribution in [0.1, 0.15) is 36.6 Å². The van der Waals surface area contributed by atoms with Crippen LogP contribution in [-0.4, -0.2) is 19.7 Å². The van der Waals surface area contributed by atoms with Gasteiger partial charge in [0.1, 0.15) is 17.2 Å². The number of hydrogen-bond acceptors (Lipinski definition) is 6. The molecule has 0 amide bonds. The van der Waals surface area contributed by atoms with Crippen molar-refractivity contribution in [3.63, 3.8) is 0 Å². The summed E-state index contributed by atoms with van der Waals surface area (Å²) >= 11 is 0. The molecule has 2 aromatic carbocycles. The molecule has 0 saturated carbocycles. The predicted octanol–water partition coefficient (Wildman–Crippen LogP) is 4.08. The molecule has 168 valence electrons. The number of aromatic nitrogens is 1. The molecule has 0 aliphatic heterocycles. The van der Waals surface area contributed by atoms with Gasteiger partial charge in [0.15, 0.2) is 6.20 Å². The average molecular weight is 437 g/mol. The maximum absolute atomic E-state index is 11.8. The summed E-state index contributed by atoms with van der Waals surface area (Å²) in [4.78, 5) is 11.8. The number of rotatable bonds is 11. The number of benzene rings is 2. The number of nitrogens with zero attached hydrogens (tertiary/aromatic N) is 1. The minimum Gasteiger partial charge on any atom is -0.618 e. The molecule has 2 N–H and O–H groups in total. The van der Waals surface area contributed by atoms with Gasteiger partial charge >= 0.3 is 5.97 Å². The van der Waals surface area contributed by atoms with E-state index in [0.717, 1.165) is 17.6 Å². The topological polar surface area (TPSA) is 97.7 Å². The van der Waals surface area contributed by atoms with Gasteiger partial charge in [0.2, 0.25) is 5.69 Å². The molecule has 0 aliphatic rings. The smallest absolute Gasteiger partial charge is 0.310 e. The monoisotopic (exact) mass is 436 g/mol. The summed E-state index contributed by atoms with van der Waals surface area (Å²) in [6, 6.07) is 19.7. The molecule has 3 aromatic rings. The molecule has 0 saturated heterocycles. The van der Waals surface area contributed by atoms with Gasteiger partial charge in [-0.1, -0.05) is 24.3 Å². The van der Waals surface area contributed by atoms with Crippen molar-refractivity contribution in [2.45, 2.75) is 31.7 Å². The Balaban J connectivity index is 1.56. The Kier molecular flexibility index (Phi) is 8.45. The molecule has 7 heteroatoms. The largest absolute Gasteiger partial charge is 0.618 e. The second-order valence-corrected chi connectivity index (χ2v) is 7.34. The van der Waals surface area contributed by atoms with Crippen LogP contribution in [0.4, 0.5) is 0 Å². The maximum Gasteiger partial charge on any atom is 0.310 e. The zero-order valence-corrected chi connectivity index (χ0v) is 18.1. The maximum atomic E-state index is 11.8. The van der Waals surface area contributed by atoms with Crippen molar-refractivity contribution in [3.05, 3.63) is 89.4 Å². The molecule has 1 unspecified atom stereocenters. The number of pyridine rings is 1. The van der Waals surface area contributed by atoms with Crippen molar-refractivity contribution in [2.24, 2.45) is 5.73 Å². The lowest BCUT2D eigenvalue weighted by molar-refractivity contribution is -0.615. The van der Waals surface area contributed by atoms with E-state index in [2.05, 4.69) is 0 Å². The minimum atomic E-state index is -0.342. The van der Waals surface area contributed by atoms with Gasteiger partial charge in [-0.05, 0) is 43.5 Å². The summed E-state index contributed by atoms with van der Waals surface area (Å²) in [6.45, 7) is 0.500. The number of esters is 1. The highest BCUT2D eigenvalue weighted by molar-refractivity contribution is 5.73. The Morgan fingerprint density at radius 2 is 1.81 bits per heavy atom. The van der Waals surface area contributed by atoms with Gasteiger partial charge in [-0.15, -0.1) is 0 Å². The van der Waals surface area contributed by atoms with E-state index in [1.165, 1.54) is 13.3 Å². The zero-order valence-electron chi connectivity index (χ0n) is 18.1. The molecular formula is C25H28N2O5. The van der Waals surface area contributed by atoms with Crippen LogP contribution in [0, 0.1) is 5.21 Å². The molecular weight excluding hydrogens is 408 g/mol. The molecule has 32 heavy (non-hydrogen) atoms. The van der Waals surface area contributed by atoms with Gasteiger partial charge in [0.05, 0.1) is 26.2 Å². The van der Waals surface area contributed by atoms with E-state index < -0.39 is 0 Å². The minimum absolute atomic E-state index is 0.107. The van der Waals surface area contributed by atoms with Gasteiger partial charge < -0.3 is 25.2 Å². The van der Waals surface area contributed by atoms with Gasteiger partial charge in [-0.3, -0.25) is 4.79 Å². The highest BCUT2D eigenvalue weighted by atomic mass is 16.5. The van der Waals surface area contributed by atoms with Crippen molar-refractivity contribution < 1.29 is 23.7 Å². The van der Waals surface area contributed by atoms with Gasteiger partial charge in [0, 0.05) is 23.8 Å². The third kappa shape index (κ3) is 6.72. The number of unbranched alkanes of at least 4 members (excludes halogenated alkanes) is 1. The van der Waals surface area contributed by atoms with E-state index in [4.69, 9.17) is 19.9 Å². The molecule has 0 bridgehead atoms. The Morgan fingerprint density at radius 1 is 1.03 bits per heavy atom. The van der Waals surface area contributed by atoms with Gasteiger partial charge in [0.25, 0.3) is 0 Å². The number of nitrogens with two attached hydrogens (primary N) is 1. The molecule has 0 fully saturated rings. The summed E-state index contributed by atoms with van der Waals surface area (Å²) in [5.41, 5.74) is 7.42. The average Bonchev–Trinajstić information content (AvgIpc) is 2.81. The lowest BCUT2D eigenvalue weighted by Crippen LogP contribution is -2.35. The highest BCUT2D eigenvalue weighted by Crippen LogP contribution is 2.30. The van der Waals surface area contributed by atoms with Crippen molar-refractivity contribution >= 4 is 5.97 Å². The number of para-hydroxylation sites is 1. The second-order valence-electron chi connectivity index (χ2n) is 7.34. The molecule has 7 nitrogen and oxygen atoms in total. The van der Waals surface area contributed by atoms with Crippen LogP contribution in [0.15, 0.2) is 72.9 Å². The number of ether oxygens (including phenoxy) is 3. The Bertz CT molecular complexity index is 1010. The molecule has 1 atom stereocenters. The fraction of sp³-hybridized carbons (Fsp3) is 0.280. The number of hydrogen-bond donors (Lipinski definition) is 1. The van der Waals surface area contributed by atoms with E-state index >= 15 is 0 Å². The predicted molar refractivity (Wildman–Crippen MR) is 120 cm³/mol. The summed E-state index contributed by atoms with van der Waals surface area (Å²) < 4.78 is 17.5. The van der Waals surface area contributed by atoms with E-state index in [-0.39, 0.29) is 18.4 Å². The van der Waals surface area contributed by atoms with Crippen LogP contribution in [0.3, 0.4) is 0 Å². The Hall–Kier alpha value is -3.58. The number of carbonyl (C=O) groups is 1. The van der Waals surface area contributed by atoms with Crippen molar-refractivity contribution in [1.29, 1.82) is 0 Å². The first-order chi connectivity index (χ1) is 15.6. The van der Waals surface area contributed by atoms with Crippen LogP contribution in [-0.2, 0) is 16.0 Å². The summed E-state index contributed by atoms with van der Waals surface area (Å²) in [5, 5.41) is 11.8. The molecule has 0 radical (unpaired) electrons.